The molecule has 0 amide bonds. The molecule has 0 spiro atoms. The van der Waals surface area contributed by atoms with E-state index in [9.17, 15) is 0 Å². The van der Waals surface area contributed by atoms with Crippen LogP contribution in [0.3, 0.4) is 0 Å². The Kier molecular flexibility index (Phi) is 4.44. The molecule has 2 N–H and O–H groups in total. The number of benzene rings is 1. The Morgan fingerprint density at radius 1 is 1.32 bits per heavy atom. The van der Waals surface area contributed by atoms with Crippen molar-refractivity contribution in [3.8, 4) is 5.75 Å². The van der Waals surface area contributed by atoms with E-state index in [0.29, 0.717) is 21.8 Å². The first-order chi connectivity index (χ1) is 9.08. The van der Waals surface area contributed by atoms with Crippen LogP contribution in [0.5, 0.6) is 5.75 Å². The van der Waals surface area contributed by atoms with E-state index in [-0.39, 0.29) is 12.1 Å². The first-order valence-electron chi connectivity index (χ1n) is 5.56. The lowest BCUT2D eigenvalue weighted by atomic mass is 10.3. The predicted molar refractivity (Wildman–Crippen MR) is 76.5 cm³/mol. The van der Waals surface area contributed by atoms with E-state index in [1.165, 1.54) is 11.8 Å². The van der Waals surface area contributed by atoms with Gasteiger partial charge < -0.3 is 10.5 Å². The van der Waals surface area contributed by atoms with E-state index in [4.69, 9.17) is 22.1 Å². The van der Waals surface area contributed by atoms with Crippen LogP contribution in [0.25, 0.3) is 0 Å². The Balaban J connectivity index is 2.20. The third-order valence-corrected chi connectivity index (χ3v) is 3.09. The van der Waals surface area contributed by atoms with Gasteiger partial charge in [0, 0.05) is 5.02 Å². The van der Waals surface area contributed by atoms with Crippen molar-refractivity contribution in [2.75, 3.05) is 12.0 Å². The van der Waals surface area contributed by atoms with Crippen molar-refractivity contribution in [3.05, 3.63) is 35.1 Å². The molecule has 0 saturated carbocycles. The molecular formula is C12H13ClN4OS. The van der Waals surface area contributed by atoms with Gasteiger partial charge >= 0.3 is 0 Å². The summed E-state index contributed by atoms with van der Waals surface area (Å²) in [6.07, 6.45) is 1.54. The molecule has 2 aromatic rings. The number of rotatable bonds is 4. The number of nitrogens with two attached hydrogens (primary N) is 1. The van der Waals surface area contributed by atoms with Crippen LogP contribution in [-0.2, 0) is 0 Å². The topological polar surface area (TPSA) is 73.9 Å². The van der Waals surface area contributed by atoms with Gasteiger partial charge in [0.25, 0.3) is 0 Å². The molecule has 0 fully saturated rings. The molecule has 1 heterocycles. The SMILES string of the molecule is CSc1nc(N)nc(C(C)Oc2cccc(Cl)c2)n1. The maximum Gasteiger partial charge on any atom is 0.224 e. The van der Waals surface area contributed by atoms with Crippen LogP contribution in [0.4, 0.5) is 5.95 Å². The smallest absolute Gasteiger partial charge is 0.224 e. The molecule has 0 aliphatic heterocycles. The summed E-state index contributed by atoms with van der Waals surface area (Å²) in [5, 5.41) is 1.19. The lowest BCUT2D eigenvalue weighted by molar-refractivity contribution is 0.215. The number of halogens is 1. The molecule has 0 saturated heterocycles. The zero-order valence-corrected chi connectivity index (χ0v) is 12.1. The van der Waals surface area contributed by atoms with Crippen molar-refractivity contribution in [1.29, 1.82) is 0 Å². The zero-order chi connectivity index (χ0) is 13.8. The fourth-order valence-corrected chi connectivity index (χ4v) is 2.01. The number of hydrogen-bond donors (Lipinski definition) is 1. The molecule has 2 rings (SSSR count). The summed E-state index contributed by atoms with van der Waals surface area (Å²) >= 11 is 7.31. The van der Waals surface area contributed by atoms with Crippen LogP contribution in [-0.4, -0.2) is 21.2 Å². The summed E-state index contributed by atoms with van der Waals surface area (Å²) in [7, 11) is 0. The number of hydrogen-bond acceptors (Lipinski definition) is 6. The minimum Gasteiger partial charge on any atom is -0.483 e. The summed E-state index contributed by atoms with van der Waals surface area (Å²) in [5.41, 5.74) is 5.64. The van der Waals surface area contributed by atoms with Crippen molar-refractivity contribution in [2.45, 2.75) is 18.2 Å². The van der Waals surface area contributed by atoms with Gasteiger partial charge in [-0.15, -0.1) is 0 Å². The van der Waals surface area contributed by atoms with Crippen molar-refractivity contribution >= 4 is 29.3 Å². The van der Waals surface area contributed by atoms with Crippen molar-refractivity contribution < 1.29 is 4.74 Å². The number of nitrogens with zero attached hydrogens (tertiary/aromatic N) is 3. The minimum atomic E-state index is -0.338. The number of anilines is 1. The second-order valence-electron chi connectivity index (χ2n) is 3.76. The van der Waals surface area contributed by atoms with Gasteiger partial charge in [0.2, 0.25) is 5.95 Å². The van der Waals surface area contributed by atoms with E-state index in [1.807, 2.05) is 25.3 Å². The van der Waals surface area contributed by atoms with E-state index >= 15 is 0 Å². The van der Waals surface area contributed by atoms with Crippen LogP contribution in [0.2, 0.25) is 5.02 Å². The van der Waals surface area contributed by atoms with E-state index in [2.05, 4.69) is 15.0 Å². The largest absolute Gasteiger partial charge is 0.483 e. The third kappa shape index (κ3) is 3.71. The summed E-state index contributed by atoms with van der Waals surface area (Å²) in [6.45, 7) is 1.85. The Morgan fingerprint density at radius 3 is 2.79 bits per heavy atom. The molecule has 0 radical (unpaired) electrons. The molecular weight excluding hydrogens is 284 g/mol. The Bertz CT molecular complexity index is 581. The van der Waals surface area contributed by atoms with E-state index in [0.717, 1.165) is 0 Å². The van der Waals surface area contributed by atoms with Crippen LogP contribution in [0.1, 0.15) is 18.9 Å². The normalized spacial score (nSPS) is 12.2. The molecule has 19 heavy (non-hydrogen) atoms. The van der Waals surface area contributed by atoms with Gasteiger partial charge in [-0.3, -0.25) is 0 Å². The summed E-state index contributed by atoms with van der Waals surface area (Å²) in [6, 6.07) is 7.16. The van der Waals surface area contributed by atoms with Gasteiger partial charge in [-0.05, 0) is 31.4 Å². The van der Waals surface area contributed by atoms with Crippen molar-refractivity contribution in [1.82, 2.24) is 15.0 Å². The minimum absolute atomic E-state index is 0.191. The van der Waals surface area contributed by atoms with E-state index < -0.39 is 0 Å². The average molecular weight is 297 g/mol. The molecule has 0 bridgehead atoms. The summed E-state index contributed by atoms with van der Waals surface area (Å²) in [5.74, 6) is 1.34. The Morgan fingerprint density at radius 2 is 2.11 bits per heavy atom. The standard InChI is InChI=1S/C12H13ClN4OS/c1-7(18-9-5-3-4-8(13)6-9)10-15-11(14)17-12(16-10)19-2/h3-7H,1-2H3,(H2,14,15,16,17). The predicted octanol–water partition coefficient (Wildman–Crippen LogP) is 2.97. The van der Waals surface area contributed by atoms with Gasteiger partial charge in [-0.2, -0.15) is 9.97 Å². The highest BCUT2D eigenvalue weighted by Gasteiger charge is 2.13. The first kappa shape index (κ1) is 13.9. The second-order valence-corrected chi connectivity index (χ2v) is 4.97. The quantitative estimate of drug-likeness (QED) is 0.874. The van der Waals surface area contributed by atoms with Gasteiger partial charge in [0.15, 0.2) is 17.1 Å². The molecule has 1 aromatic carbocycles. The molecule has 7 heteroatoms. The third-order valence-electron chi connectivity index (χ3n) is 2.30. The molecule has 0 aliphatic rings. The highest BCUT2D eigenvalue weighted by molar-refractivity contribution is 7.98. The van der Waals surface area contributed by atoms with E-state index in [1.54, 1.807) is 12.1 Å². The molecule has 5 nitrogen and oxygen atoms in total. The number of ether oxygens (including phenoxy) is 1. The molecule has 100 valence electrons. The fraction of sp³-hybridized carbons (Fsp3) is 0.250. The monoisotopic (exact) mass is 296 g/mol. The van der Waals surface area contributed by atoms with Crippen LogP contribution in [0, 0.1) is 0 Å². The maximum atomic E-state index is 5.90. The lowest BCUT2D eigenvalue weighted by Crippen LogP contribution is -2.11. The number of aromatic nitrogens is 3. The second kappa shape index (κ2) is 6.08. The molecule has 1 aromatic heterocycles. The Hall–Kier alpha value is -1.53. The van der Waals surface area contributed by atoms with Crippen molar-refractivity contribution in [3.63, 3.8) is 0 Å². The Labute approximate surface area is 120 Å². The average Bonchev–Trinajstić information content (AvgIpc) is 2.38. The summed E-state index contributed by atoms with van der Waals surface area (Å²) < 4.78 is 5.73. The van der Waals surface area contributed by atoms with Gasteiger partial charge in [-0.1, -0.05) is 29.4 Å². The first-order valence-corrected chi connectivity index (χ1v) is 7.16. The van der Waals surface area contributed by atoms with Crippen molar-refractivity contribution in [2.24, 2.45) is 0 Å². The molecule has 1 unspecified atom stereocenters. The zero-order valence-electron chi connectivity index (χ0n) is 10.5. The molecule has 1 atom stereocenters. The molecule has 0 aliphatic carbocycles. The highest BCUT2D eigenvalue weighted by Crippen LogP contribution is 2.23. The van der Waals surface area contributed by atoms with Crippen LogP contribution in [0.15, 0.2) is 29.4 Å². The highest BCUT2D eigenvalue weighted by atomic mass is 35.5. The van der Waals surface area contributed by atoms with Crippen LogP contribution < -0.4 is 10.5 Å². The number of thioether (sulfide) groups is 1. The number of nitrogen functional groups attached to an aromatic ring is 1. The van der Waals surface area contributed by atoms with Crippen LogP contribution >= 0.6 is 23.4 Å². The van der Waals surface area contributed by atoms with Gasteiger partial charge in [-0.25, -0.2) is 4.98 Å². The van der Waals surface area contributed by atoms with Gasteiger partial charge in [0.1, 0.15) is 5.75 Å². The maximum absolute atomic E-state index is 5.90. The van der Waals surface area contributed by atoms with Gasteiger partial charge in [0.05, 0.1) is 0 Å². The lowest BCUT2D eigenvalue weighted by Gasteiger charge is -2.14. The summed E-state index contributed by atoms with van der Waals surface area (Å²) in [4.78, 5) is 12.4. The fourth-order valence-electron chi connectivity index (χ4n) is 1.46.